The van der Waals surface area contributed by atoms with Crippen molar-refractivity contribution in [3.63, 3.8) is 0 Å². The van der Waals surface area contributed by atoms with Crippen molar-refractivity contribution in [1.82, 2.24) is 4.57 Å². The van der Waals surface area contributed by atoms with Gasteiger partial charge in [0.2, 0.25) is 5.78 Å². The lowest BCUT2D eigenvalue weighted by Gasteiger charge is -2.10. The molecule has 1 atom stereocenters. The van der Waals surface area contributed by atoms with Crippen molar-refractivity contribution < 1.29 is 18.8 Å². The summed E-state index contributed by atoms with van der Waals surface area (Å²) >= 11 is 0. The van der Waals surface area contributed by atoms with Crippen LogP contribution in [-0.4, -0.2) is 24.1 Å². The number of hydrogen-bond donors (Lipinski definition) is 0. The lowest BCUT2D eigenvalue weighted by molar-refractivity contribution is -0.710. The normalized spacial score (nSPS) is 13.8. The average Bonchev–Trinajstić information content (AvgIpc) is 3.36. The monoisotopic (exact) mass is 391 g/mol. The van der Waals surface area contributed by atoms with Gasteiger partial charge in [-0.1, -0.05) is 0 Å². The predicted octanol–water partition coefficient (Wildman–Crippen LogP) is 4.24. The Labute approximate surface area is 171 Å². The molecule has 0 saturated heterocycles. The molecule has 2 heterocycles. The van der Waals surface area contributed by atoms with Crippen LogP contribution in [0.2, 0.25) is 0 Å². The Balaban J connectivity index is 1.65. The van der Waals surface area contributed by atoms with Crippen molar-refractivity contribution in [2.75, 3.05) is 13.7 Å². The molecule has 1 aliphatic heterocycles. The average molecular weight is 391 g/mol. The van der Waals surface area contributed by atoms with Gasteiger partial charge < -0.3 is 9.47 Å². The number of Topliss-reactive ketones (excluding diaryl/α,β-unsaturated/α-hetero) is 1. The summed E-state index contributed by atoms with van der Waals surface area (Å²) in [5.41, 5.74) is 2.98. The zero-order valence-corrected chi connectivity index (χ0v) is 17.2. The summed E-state index contributed by atoms with van der Waals surface area (Å²) in [6.07, 6.45) is 4.20. The van der Waals surface area contributed by atoms with Crippen molar-refractivity contribution in [2.24, 2.45) is 0 Å². The first-order chi connectivity index (χ1) is 14.1. The maximum absolute atomic E-state index is 13.2. The van der Waals surface area contributed by atoms with Crippen LogP contribution in [-0.2, 0) is 13.0 Å². The fourth-order valence-electron chi connectivity index (χ4n) is 4.04. The van der Waals surface area contributed by atoms with Gasteiger partial charge >= 0.3 is 0 Å². The number of hydrogen-bond acceptors (Lipinski definition) is 3. The summed E-state index contributed by atoms with van der Waals surface area (Å²) in [6.45, 7) is 5.53. The van der Waals surface area contributed by atoms with Gasteiger partial charge in [-0.25, -0.2) is 9.13 Å². The van der Waals surface area contributed by atoms with E-state index in [0.717, 1.165) is 42.1 Å². The number of imidazole rings is 1. The van der Waals surface area contributed by atoms with Gasteiger partial charge in [0.05, 0.1) is 26.7 Å². The minimum absolute atomic E-state index is 0.111. The standard InChI is InChI=1S/C24H27N2O3/c1-4-29-21-13-9-19(10-14-21)24(27)17(2)26-16-22(25-15-5-6-23(25)26)18-7-11-20(28-3)12-8-18/h7-14,16-17H,4-6,15H2,1-3H3/q+1/t17-/m1/s1. The molecule has 0 unspecified atom stereocenters. The van der Waals surface area contributed by atoms with Crippen molar-refractivity contribution in [3.05, 3.63) is 66.1 Å². The third-order valence-electron chi connectivity index (χ3n) is 5.58. The fourth-order valence-corrected chi connectivity index (χ4v) is 4.04. The number of rotatable bonds is 7. The molecule has 0 N–H and O–H groups in total. The number of methoxy groups -OCH3 is 1. The van der Waals surface area contributed by atoms with Gasteiger partial charge in [0.15, 0.2) is 11.7 Å². The summed E-state index contributed by atoms with van der Waals surface area (Å²) in [6, 6.07) is 15.3. The van der Waals surface area contributed by atoms with E-state index < -0.39 is 0 Å². The van der Waals surface area contributed by atoms with Crippen LogP contribution in [0.25, 0.3) is 11.3 Å². The van der Waals surface area contributed by atoms with E-state index in [2.05, 4.69) is 27.5 Å². The van der Waals surface area contributed by atoms with Crippen molar-refractivity contribution >= 4 is 5.78 Å². The SMILES string of the molecule is CCOc1ccc(C(=O)[C@@H](C)[n+]2cc(-c3ccc(OC)cc3)n3c2CCC3)cc1. The quantitative estimate of drug-likeness (QED) is 0.447. The Morgan fingerprint density at radius 2 is 1.79 bits per heavy atom. The second-order valence-corrected chi connectivity index (χ2v) is 7.32. The van der Waals surface area contributed by atoms with E-state index in [1.54, 1.807) is 7.11 Å². The minimum atomic E-state index is -0.265. The van der Waals surface area contributed by atoms with E-state index in [0.29, 0.717) is 12.2 Å². The number of fused-ring (bicyclic) bond motifs is 1. The maximum atomic E-state index is 13.2. The number of benzene rings is 2. The Morgan fingerprint density at radius 1 is 1.10 bits per heavy atom. The Kier molecular flexibility index (Phi) is 5.38. The smallest absolute Gasteiger partial charge is 0.257 e. The highest BCUT2D eigenvalue weighted by molar-refractivity contribution is 5.97. The number of carbonyl (C=O) groups excluding carboxylic acids is 1. The second-order valence-electron chi connectivity index (χ2n) is 7.32. The molecule has 150 valence electrons. The molecule has 0 amide bonds. The Hall–Kier alpha value is -3.08. The molecule has 0 bridgehead atoms. The summed E-state index contributed by atoms with van der Waals surface area (Å²) in [5, 5.41) is 0. The van der Waals surface area contributed by atoms with E-state index in [1.165, 1.54) is 5.82 Å². The molecule has 5 nitrogen and oxygen atoms in total. The van der Waals surface area contributed by atoms with Gasteiger partial charge in [0.25, 0.3) is 5.82 Å². The minimum Gasteiger partial charge on any atom is -0.497 e. The largest absolute Gasteiger partial charge is 0.497 e. The molecule has 3 aromatic rings. The number of aromatic nitrogens is 2. The van der Waals surface area contributed by atoms with E-state index >= 15 is 0 Å². The number of nitrogens with zero attached hydrogens (tertiary/aromatic N) is 2. The van der Waals surface area contributed by atoms with Crippen LogP contribution >= 0.6 is 0 Å². The van der Waals surface area contributed by atoms with E-state index in [-0.39, 0.29) is 11.8 Å². The second kappa shape index (κ2) is 8.11. The highest BCUT2D eigenvalue weighted by atomic mass is 16.5. The highest BCUT2D eigenvalue weighted by Crippen LogP contribution is 2.28. The molecule has 0 spiro atoms. The van der Waals surface area contributed by atoms with E-state index in [9.17, 15) is 4.79 Å². The molecule has 0 fully saturated rings. The van der Waals surface area contributed by atoms with Crippen LogP contribution in [0, 0.1) is 0 Å². The molecule has 29 heavy (non-hydrogen) atoms. The van der Waals surface area contributed by atoms with Crippen molar-refractivity contribution in [3.8, 4) is 22.8 Å². The van der Waals surface area contributed by atoms with Crippen LogP contribution in [0.3, 0.4) is 0 Å². The lowest BCUT2D eigenvalue weighted by Crippen LogP contribution is -2.44. The summed E-state index contributed by atoms with van der Waals surface area (Å²) in [5.74, 6) is 2.95. The third-order valence-corrected chi connectivity index (χ3v) is 5.58. The lowest BCUT2D eigenvalue weighted by atomic mass is 10.0. The first-order valence-electron chi connectivity index (χ1n) is 10.2. The molecule has 5 heteroatoms. The van der Waals surface area contributed by atoms with Gasteiger partial charge in [-0.2, -0.15) is 0 Å². The molecule has 0 radical (unpaired) electrons. The van der Waals surface area contributed by atoms with E-state index in [4.69, 9.17) is 9.47 Å². The highest BCUT2D eigenvalue weighted by Gasteiger charge is 2.33. The number of ether oxygens (including phenoxy) is 2. The molecule has 2 aromatic carbocycles. The molecule has 1 aliphatic rings. The van der Waals surface area contributed by atoms with Gasteiger partial charge in [0.1, 0.15) is 17.7 Å². The Bertz CT molecular complexity index is 1000. The van der Waals surface area contributed by atoms with Crippen LogP contribution in [0.1, 0.15) is 42.5 Å². The molecule has 1 aromatic heterocycles. The first kappa shape index (κ1) is 19.2. The summed E-state index contributed by atoms with van der Waals surface area (Å²) in [7, 11) is 1.67. The molecule has 0 saturated carbocycles. The fraction of sp³-hybridized carbons (Fsp3) is 0.333. The van der Waals surface area contributed by atoms with Crippen molar-refractivity contribution in [2.45, 2.75) is 39.3 Å². The van der Waals surface area contributed by atoms with Gasteiger partial charge in [-0.15, -0.1) is 0 Å². The molecule has 0 aliphatic carbocycles. The number of carbonyl (C=O) groups is 1. The predicted molar refractivity (Wildman–Crippen MR) is 112 cm³/mol. The molecular weight excluding hydrogens is 364 g/mol. The molecular formula is C24H27N2O3+. The van der Waals surface area contributed by atoms with Crippen molar-refractivity contribution in [1.29, 1.82) is 0 Å². The van der Waals surface area contributed by atoms with E-state index in [1.807, 2.05) is 50.2 Å². The third kappa shape index (κ3) is 3.65. The maximum Gasteiger partial charge on any atom is 0.257 e. The summed E-state index contributed by atoms with van der Waals surface area (Å²) < 4.78 is 15.2. The zero-order valence-electron chi connectivity index (χ0n) is 17.2. The van der Waals surface area contributed by atoms with Gasteiger partial charge in [-0.05, 0) is 68.8 Å². The molecule has 4 rings (SSSR count). The Morgan fingerprint density at radius 3 is 2.45 bits per heavy atom. The van der Waals surface area contributed by atoms with Gasteiger partial charge in [0, 0.05) is 11.1 Å². The van der Waals surface area contributed by atoms with Crippen LogP contribution in [0.5, 0.6) is 11.5 Å². The van der Waals surface area contributed by atoms with Crippen LogP contribution in [0.15, 0.2) is 54.7 Å². The number of ketones is 1. The zero-order chi connectivity index (χ0) is 20.4. The van der Waals surface area contributed by atoms with Crippen LogP contribution in [0.4, 0.5) is 0 Å². The topological polar surface area (TPSA) is 44.3 Å². The summed E-state index contributed by atoms with van der Waals surface area (Å²) in [4.78, 5) is 13.2. The van der Waals surface area contributed by atoms with Gasteiger partial charge in [-0.3, -0.25) is 4.79 Å². The first-order valence-corrected chi connectivity index (χ1v) is 10.2. The van der Waals surface area contributed by atoms with Crippen LogP contribution < -0.4 is 14.0 Å².